The van der Waals surface area contributed by atoms with E-state index in [4.69, 9.17) is 5.11 Å². The summed E-state index contributed by atoms with van der Waals surface area (Å²) in [7, 11) is 0. The van der Waals surface area contributed by atoms with Crippen molar-refractivity contribution in [2.45, 2.75) is 6.61 Å². The number of nitrogens with zero attached hydrogens (tertiary/aromatic N) is 2. The molecule has 0 amide bonds. The van der Waals surface area contributed by atoms with Crippen LogP contribution in [0.3, 0.4) is 0 Å². The normalized spacial score (nSPS) is 10.8. The third kappa shape index (κ3) is 4.03. The van der Waals surface area contributed by atoms with Crippen molar-refractivity contribution < 1.29 is 24.9 Å². The highest BCUT2D eigenvalue weighted by molar-refractivity contribution is 5.93. The molecule has 0 radical (unpaired) electrons. The maximum atomic E-state index is 11.1. The minimum absolute atomic E-state index is 0.141. The van der Waals surface area contributed by atoms with Crippen molar-refractivity contribution in [3.63, 3.8) is 0 Å². The standard InChI is InChI=1S/C16H12N2O7/c19-9-12-7-10(3-5-14(12)17(22)23)1-2-11-4-6-15(18(24)25)13(8-11)16(20)21/h1-8,19H,9H2,(H,20,21)/b2-1+. The van der Waals surface area contributed by atoms with Crippen LogP contribution in [-0.2, 0) is 6.61 Å². The predicted molar refractivity (Wildman–Crippen MR) is 88.0 cm³/mol. The molecular weight excluding hydrogens is 332 g/mol. The number of aliphatic hydroxyl groups excluding tert-OH is 1. The minimum atomic E-state index is -1.42. The molecule has 0 spiro atoms. The maximum absolute atomic E-state index is 11.1. The Morgan fingerprint density at radius 1 is 0.960 bits per heavy atom. The Labute approximate surface area is 140 Å². The van der Waals surface area contributed by atoms with E-state index < -0.39 is 33.7 Å². The zero-order valence-electron chi connectivity index (χ0n) is 12.7. The van der Waals surface area contributed by atoms with Gasteiger partial charge in [-0.25, -0.2) is 4.79 Å². The van der Waals surface area contributed by atoms with E-state index in [-0.39, 0.29) is 11.3 Å². The van der Waals surface area contributed by atoms with Gasteiger partial charge in [0.25, 0.3) is 11.4 Å². The van der Waals surface area contributed by atoms with E-state index in [1.807, 2.05) is 0 Å². The third-order valence-corrected chi connectivity index (χ3v) is 3.39. The van der Waals surface area contributed by atoms with Crippen molar-refractivity contribution in [1.82, 2.24) is 0 Å². The van der Waals surface area contributed by atoms with Gasteiger partial charge >= 0.3 is 5.97 Å². The number of aliphatic hydroxyl groups is 1. The number of hydrogen-bond donors (Lipinski definition) is 2. The van der Waals surface area contributed by atoms with Crippen LogP contribution in [-0.4, -0.2) is 26.0 Å². The molecule has 2 aromatic carbocycles. The molecule has 0 saturated carbocycles. The summed E-state index contributed by atoms with van der Waals surface area (Å²) < 4.78 is 0. The number of carboxylic acids is 1. The van der Waals surface area contributed by atoms with Crippen LogP contribution in [0.1, 0.15) is 27.0 Å². The Hall–Kier alpha value is -3.59. The third-order valence-electron chi connectivity index (χ3n) is 3.39. The Bertz CT molecular complexity index is 890. The van der Waals surface area contributed by atoms with Crippen LogP contribution in [0.2, 0.25) is 0 Å². The molecule has 25 heavy (non-hydrogen) atoms. The Morgan fingerprint density at radius 3 is 1.96 bits per heavy atom. The fourth-order valence-electron chi connectivity index (χ4n) is 2.19. The fraction of sp³-hybridized carbons (Fsp3) is 0.0625. The van der Waals surface area contributed by atoms with Gasteiger partial charge in [-0.15, -0.1) is 0 Å². The lowest BCUT2D eigenvalue weighted by Crippen LogP contribution is -2.02. The molecule has 0 bridgehead atoms. The van der Waals surface area contributed by atoms with E-state index in [1.54, 1.807) is 6.08 Å². The van der Waals surface area contributed by atoms with E-state index in [9.17, 15) is 30.1 Å². The second kappa shape index (κ2) is 7.32. The van der Waals surface area contributed by atoms with Gasteiger partial charge in [-0.1, -0.05) is 12.2 Å². The lowest BCUT2D eigenvalue weighted by atomic mass is 10.1. The van der Waals surface area contributed by atoms with Gasteiger partial charge in [-0.05, 0) is 35.4 Å². The minimum Gasteiger partial charge on any atom is -0.477 e. The summed E-state index contributed by atoms with van der Waals surface area (Å²) >= 11 is 0. The average molecular weight is 344 g/mol. The van der Waals surface area contributed by atoms with Crippen LogP contribution in [0.15, 0.2) is 36.4 Å². The monoisotopic (exact) mass is 344 g/mol. The van der Waals surface area contributed by atoms with Crippen molar-refractivity contribution in [1.29, 1.82) is 0 Å². The number of carboxylic acid groups (broad SMARTS) is 1. The zero-order chi connectivity index (χ0) is 18.6. The molecule has 9 heteroatoms. The average Bonchev–Trinajstić information content (AvgIpc) is 2.58. The van der Waals surface area contributed by atoms with Crippen LogP contribution in [0.5, 0.6) is 0 Å². The van der Waals surface area contributed by atoms with Crippen molar-refractivity contribution in [2.24, 2.45) is 0 Å². The summed E-state index contributed by atoms with van der Waals surface area (Å²) in [6, 6.07) is 7.80. The molecule has 9 nitrogen and oxygen atoms in total. The molecule has 128 valence electrons. The van der Waals surface area contributed by atoms with Gasteiger partial charge in [0, 0.05) is 12.1 Å². The summed E-state index contributed by atoms with van der Waals surface area (Å²) in [5.41, 5.74) is -0.0588. The van der Waals surface area contributed by atoms with Crippen LogP contribution in [0.25, 0.3) is 12.2 Å². The first-order valence-corrected chi connectivity index (χ1v) is 6.91. The molecule has 2 N–H and O–H groups in total. The Kier molecular flexibility index (Phi) is 5.20. The van der Waals surface area contributed by atoms with E-state index in [1.165, 1.54) is 30.3 Å². The topological polar surface area (TPSA) is 144 Å². The van der Waals surface area contributed by atoms with E-state index in [2.05, 4.69) is 0 Å². The fourth-order valence-corrected chi connectivity index (χ4v) is 2.19. The summed E-state index contributed by atoms with van der Waals surface area (Å²) in [4.78, 5) is 31.4. The first kappa shape index (κ1) is 17.8. The van der Waals surface area contributed by atoms with Gasteiger partial charge in [0.1, 0.15) is 5.56 Å². The Morgan fingerprint density at radius 2 is 1.48 bits per heavy atom. The van der Waals surface area contributed by atoms with Gasteiger partial charge in [-0.2, -0.15) is 0 Å². The molecule has 0 aliphatic heterocycles. The largest absolute Gasteiger partial charge is 0.477 e. The molecule has 2 rings (SSSR count). The molecule has 0 aliphatic rings. The van der Waals surface area contributed by atoms with Gasteiger partial charge in [-0.3, -0.25) is 20.2 Å². The number of carbonyl (C=O) groups is 1. The second-order valence-corrected chi connectivity index (χ2v) is 4.98. The molecular formula is C16H12N2O7. The number of hydrogen-bond acceptors (Lipinski definition) is 6. The number of rotatable bonds is 6. The summed E-state index contributed by atoms with van der Waals surface area (Å²) in [5, 5.41) is 39.9. The lowest BCUT2D eigenvalue weighted by molar-refractivity contribution is -0.385. The summed E-state index contributed by atoms with van der Waals surface area (Å²) in [6.07, 6.45) is 3.06. The molecule has 0 heterocycles. The van der Waals surface area contributed by atoms with Crippen LogP contribution in [0.4, 0.5) is 11.4 Å². The number of nitro benzene ring substituents is 2. The SMILES string of the molecule is O=C(O)c1cc(/C=C/c2ccc([N+](=O)[O-])c(CO)c2)ccc1[N+](=O)[O-]. The summed E-state index contributed by atoms with van der Waals surface area (Å²) in [6.45, 7) is -0.501. The number of benzene rings is 2. The van der Waals surface area contributed by atoms with Crippen molar-refractivity contribution in [3.05, 3.63) is 78.9 Å². The molecule has 2 aromatic rings. The first-order chi connectivity index (χ1) is 11.8. The Balaban J connectivity index is 2.36. The molecule has 0 atom stereocenters. The highest BCUT2D eigenvalue weighted by Crippen LogP contribution is 2.23. The molecule has 0 fully saturated rings. The van der Waals surface area contributed by atoms with Crippen LogP contribution < -0.4 is 0 Å². The number of nitro groups is 2. The highest BCUT2D eigenvalue weighted by atomic mass is 16.6. The highest BCUT2D eigenvalue weighted by Gasteiger charge is 2.19. The predicted octanol–water partition coefficient (Wildman–Crippen LogP) is 2.86. The van der Waals surface area contributed by atoms with Crippen molar-refractivity contribution >= 4 is 29.5 Å². The maximum Gasteiger partial charge on any atom is 0.342 e. The van der Waals surface area contributed by atoms with Gasteiger partial charge in [0.05, 0.1) is 22.0 Å². The van der Waals surface area contributed by atoms with Crippen LogP contribution in [0, 0.1) is 20.2 Å². The van der Waals surface area contributed by atoms with E-state index in [0.717, 1.165) is 12.1 Å². The van der Waals surface area contributed by atoms with Crippen molar-refractivity contribution in [2.75, 3.05) is 0 Å². The zero-order valence-corrected chi connectivity index (χ0v) is 12.7. The smallest absolute Gasteiger partial charge is 0.342 e. The van der Waals surface area contributed by atoms with Crippen LogP contribution >= 0.6 is 0 Å². The van der Waals surface area contributed by atoms with Gasteiger partial charge < -0.3 is 10.2 Å². The number of aromatic carboxylic acids is 1. The molecule has 0 aliphatic carbocycles. The molecule has 0 saturated heterocycles. The van der Waals surface area contributed by atoms with Gasteiger partial charge in [0.2, 0.25) is 0 Å². The lowest BCUT2D eigenvalue weighted by Gasteiger charge is -2.02. The summed E-state index contributed by atoms with van der Waals surface area (Å²) in [5.74, 6) is -1.42. The second-order valence-electron chi connectivity index (χ2n) is 4.98. The molecule has 0 unspecified atom stereocenters. The quantitative estimate of drug-likeness (QED) is 0.465. The van der Waals surface area contributed by atoms with E-state index >= 15 is 0 Å². The molecule has 0 aromatic heterocycles. The van der Waals surface area contributed by atoms with Crippen molar-refractivity contribution in [3.8, 4) is 0 Å². The van der Waals surface area contributed by atoms with E-state index in [0.29, 0.717) is 11.1 Å². The van der Waals surface area contributed by atoms with Gasteiger partial charge in [0.15, 0.2) is 0 Å². The first-order valence-electron chi connectivity index (χ1n) is 6.91.